The van der Waals surface area contributed by atoms with Gasteiger partial charge in [0.2, 0.25) is 0 Å². The molecule has 0 fully saturated rings. The van der Waals surface area contributed by atoms with Crippen molar-refractivity contribution in [1.82, 2.24) is 9.78 Å². The van der Waals surface area contributed by atoms with Crippen molar-refractivity contribution in [3.05, 3.63) is 70.4 Å². The van der Waals surface area contributed by atoms with Crippen LogP contribution in [0.15, 0.2) is 48.5 Å². The monoisotopic (exact) mass is 464 g/mol. The number of rotatable bonds is 4. The number of aryl methyl sites for hydroxylation is 1. The van der Waals surface area contributed by atoms with Gasteiger partial charge in [-0.3, -0.25) is 4.79 Å². The first-order valence-electron chi connectivity index (χ1n) is 9.80. The molecule has 1 amide bonds. The predicted octanol–water partition coefficient (Wildman–Crippen LogP) is 5.77. The molecular formula is C22H20ClF3N4O2. The number of methoxy groups -OCH3 is 1. The maximum absolute atomic E-state index is 13.9. The molecule has 0 aliphatic carbocycles. The lowest BCUT2D eigenvalue weighted by Gasteiger charge is -2.33. The van der Waals surface area contributed by atoms with E-state index >= 15 is 0 Å². The topological polar surface area (TPSA) is 68.2 Å². The Morgan fingerprint density at radius 2 is 1.94 bits per heavy atom. The number of anilines is 2. The second-order valence-corrected chi connectivity index (χ2v) is 8.00. The zero-order valence-electron chi connectivity index (χ0n) is 17.2. The predicted molar refractivity (Wildman–Crippen MR) is 115 cm³/mol. The highest BCUT2D eigenvalue weighted by Crippen LogP contribution is 2.43. The van der Waals surface area contributed by atoms with Crippen LogP contribution in [0, 0.1) is 6.92 Å². The standard InChI is InChI=1S/C22H20ClF3N4O2/c1-12-3-5-13(6-4-12)15-10-19(22(24,25)26)30-20(27-15)11-17(29-30)21(31)28-16-9-14(23)7-8-18(16)32-2/h3-9,11,15,19,27H,10H2,1-2H3,(H,28,31)/t15-,19+/m0/s1. The van der Waals surface area contributed by atoms with Crippen molar-refractivity contribution in [1.29, 1.82) is 0 Å². The molecule has 0 bridgehead atoms. The van der Waals surface area contributed by atoms with Crippen LogP contribution in [0.25, 0.3) is 0 Å². The van der Waals surface area contributed by atoms with E-state index in [1.165, 1.54) is 19.2 Å². The van der Waals surface area contributed by atoms with Gasteiger partial charge in [-0.2, -0.15) is 18.3 Å². The molecule has 0 spiro atoms. The second-order valence-electron chi connectivity index (χ2n) is 7.56. The highest BCUT2D eigenvalue weighted by Gasteiger charge is 2.46. The fourth-order valence-corrected chi connectivity index (χ4v) is 3.84. The first kappa shape index (κ1) is 22.0. The number of alkyl halides is 3. The Hall–Kier alpha value is -3.20. The highest BCUT2D eigenvalue weighted by atomic mass is 35.5. The number of hydrogen-bond donors (Lipinski definition) is 2. The van der Waals surface area contributed by atoms with E-state index in [1.807, 2.05) is 19.1 Å². The summed E-state index contributed by atoms with van der Waals surface area (Å²) in [6.07, 6.45) is -4.78. The normalized spacial score (nSPS) is 17.9. The average molecular weight is 465 g/mol. The summed E-state index contributed by atoms with van der Waals surface area (Å²) in [4.78, 5) is 12.8. The molecule has 6 nitrogen and oxygen atoms in total. The SMILES string of the molecule is COc1ccc(Cl)cc1NC(=O)c1cc2n(n1)[C@@H](C(F)(F)F)C[C@@H](c1ccc(C)cc1)N2. The van der Waals surface area contributed by atoms with Gasteiger partial charge >= 0.3 is 6.18 Å². The first-order chi connectivity index (χ1) is 15.2. The molecule has 3 aromatic rings. The second kappa shape index (κ2) is 8.38. The molecule has 4 rings (SSSR count). The molecule has 2 heterocycles. The molecule has 0 radical (unpaired) electrons. The Labute approximate surface area is 187 Å². The van der Waals surface area contributed by atoms with Crippen molar-refractivity contribution < 1.29 is 22.7 Å². The number of nitrogens with zero attached hydrogens (tertiary/aromatic N) is 2. The molecule has 10 heteroatoms. The average Bonchev–Trinajstić information content (AvgIpc) is 3.17. The summed E-state index contributed by atoms with van der Waals surface area (Å²) in [5.74, 6) is -0.202. The summed E-state index contributed by atoms with van der Waals surface area (Å²) >= 11 is 5.98. The van der Waals surface area contributed by atoms with Gasteiger partial charge < -0.3 is 15.4 Å². The van der Waals surface area contributed by atoms with Crippen LogP contribution in [-0.2, 0) is 0 Å². The lowest BCUT2D eigenvalue weighted by molar-refractivity contribution is -0.173. The van der Waals surface area contributed by atoms with Crippen LogP contribution < -0.4 is 15.4 Å². The Morgan fingerprint density at radius 1 is 1.22 bits per heavy atom. The zero-order valence-corrected chi connectivity index (χ0v) is 18.0. The fourth-order valence-electron chi connectivity index (χ4n) is 3.67. The van der Waals surface area contributed by atoms with Crippen molar-refractivity contribution in [2.24, 2.45) is 0 Å². The van der Waals surface area contributed by atoms with Gasteiger partial charge in [-0.1, -0.05) is 41.4 Å². The van der Waals surface area contributed by atoms with Crippen LogP contribution in [0.1, 0.15) is 40.1 Å². The third kappa shape index (κ3) is 4.38. The largest absolute Gasteiger partial charge is 0.495 e. The van der Waals surface area contributed by atoms with Gasteiger partial charge in [0.25, 0.3) is 5.91 Å². The molecule has 32 heavy (non-hydrogen) atoms. The molecule has 168 valence electrons. The van der Waals surface area contributed by atoms with Gasteiger partial charge in [-0.05, 0) is 30.7 Å². The Morgan fingerprint density at radius 3 is 2.59 bits per heavy atom. The van der Waals surface area contributed by atoms with Crippen LogP contribution in [0.3, 0.4) is 0 Å². The molecule has 1 aromatic heterocycles. The maximum atomic E-state index is 13.9. The minimum absolute atomic E-state index is 0.118. The fraction of sp³-hybridized carbons (Fsp3) is 0.273. The van der Waals surface area contributed by atoms with Gasteiger partial charge in [0.1, 0.15) is 11.6 Å². The maximum Gasteiger partial charge on any atom is 0.410 e. The summed E-state index contributed by atoms with van der Waals surface area (Å²) in [5.41, 5.74) is 1.87. The van der Waals surface area contributed by atoms with Crippen molar-refractivity contribution in [2.75, 3.05) is 17.7 Å². The number of halogens is 4. The van der Waals surface area contributed by atoms with Crippen molar-refractivity contribution in [3.63, 3.8) is 0 Å². The molecule has 2 aromatic carbocycles. The van der Waals surface area contributed by atoms with E-state index in [0.29, 0.717) is 10.8 Å². The molecule has 0 saturated carbocycles. The number of amides is 1. The summed E-state index contributed by atoms with van der Waals surface area (Å²) in [6.45, 7) is 1.91. The Bertz CT molecular complexity index is 1150. The molecule has 0 unspecified atom stereocenters. The molecular weight excluding hydrogens is 445 g/mol. The van der Waals surface area contributed by atoms with Gasteiger partial charge in [-0.25, -0.2) is 4.68 Å². The molecule has 2 N–H and O–H groups in total. The third-order valence-corrected chi connectivity index (χ3v) is 5.55. The summed E-state index contributed by atoms with van der Waals surface area (Å²) in [5, 5.41) is 10.0. The van der Waals surface area contributed by atoms with Crippen LogP contribution >= 0.6 is 11.6 Å². The quantitative estimate of drug-likeness (QED) is 0.514. The Balaban J connectivity index is 1.65. The van der Waals surface area contributed by atoms with Crippen molar-refractivity contribution in [2.45, 2.75) is 31.6 Å². The summed E-state index contributed by atoms with van der Waals surface area (Å²) in [7, 11) is 1.43. The third-order valence-electron chi connectivity index (χ3n) is 5.31. The molecule has 2 atom stereocenters. The number of carbonyl (C=O) groups is 1. The zero-order chi connectivity index (χ0) is 23.0. The van der Waals surface area contributed by atoms with Gasteiger partial charge in [-0.15, -0.1) is 0 Å². The van der Waals surface area contributed by atoms with E-state index in [0.717, 1.165) is 15.8 Å². The van der Waals surface area contributed by atoms with Gasteiger partial charge in [0.05, 0.1) is 18.8 Å². The number of benzene rings is 2. The van der Waals surface area contributed by atoms with E-state index in [2.05, 4.69) is 15.7 Å². The van der Waals surface area contributed by atoms with E-state index in [1.54, 1.807) is 24.3 Å². The highest BCUT2D eigenvalue weighted by molar-refractivity contribution is 6.31. The summed E-state index contributed by atoms with van der Waals surface area (Å²) < 4.78 is 47.6. The van der Waals surface area contributed by atoms with Crippen molar-refractivity contribution >= 4 is 29.0 Å². The number of ether oxygens (including phenoxy) is 1. The number of carbonyl (C=O) groups excluding carboxylic acids is 1. The first-order valence-corrected chi connectivity index (χ1v) is 10.2. The van der Waals surface area contributed by atoms with Crippen LogP contribution in [0.2, 0.25) is 5.02 Å². The van der Waals surface area contributed by atoms with E-state index in [4.69, 9.17) is 16.3 Å². The minimum Gasteiger partial charge on any atom is -0.495 e. The minimum atomic E-state index is -4.53. The van der Waals surface area contributed by atoms with E-state index in [-0.39, 0.29) is 23.6 Å². The van der Waals surface area contributed by atoms with E-state index < -0.39 is 24.2 Å². The van der Waals surface area contributed by atoms with Crippen LogP contribution in [-0.4, -0.2) is 29.0 Å². The number of aromatic nitrogens is 2. The van der Waals surface area contributed by atoms with Crippen molar-refractivity contribution in [3.8, 4) is 5.75 Å². The van der Waals surface area contributed by atoms with E-state index in [9.17, 15) is 18.0 Å². The lowest BCUT2D eigenvalue weighted by Crippen LogP contribution is -2.35. The number of nitrogens with one attached hydrogen (secondary N) is 2. The molecule has 0 saturated heterocycles. The summed E-state index contributed by atoms with van der Waals surface area (Å²) in [6, 6.07) is 10.8. The van der Waals surface area contributed by atoms with Gasteiger partial charge in [0.15, 0.2) is 11.7 Å². The lowest BCUT2D eigenvalue weighted by atomic mass is 9.96. The Kier molecular flexibility index (Phi) is 5.77. The van der Waals surface area contributed by atoms with Gasteiger partial charge in [0, 0.05) is 17.5 Å². The van der Waals surface area contributed by atoms with Crippen LogP contribution in [0.5, 0.6) is 5.75 Å². The van der Waals surface area contributed by atoms with Crippen LogP contribution in [0.4, 0.5) is 24.7 Å². The molecule has 1 aliphatic rings. The number of fused-ring (bicyclic) bond motifs is 1. The smallest absolute Gasteiger partial charge is 0.410 e. The molecule has 1 aliphatic heterocycles. The number of hydrogen-bond acceptors (Lipinski definition) is 4.